The van der Waals surface area contributed by atoms with E-state index in [-0.39, 0.29) is 12.6 Å². The Morgan fingerprint density at radius 1 is 1.18 bits per heavy atom. The molecule has 6 heteroatoms. The summed E-state index contributed by atoms with van der Waals surface area (Å²) in [5.74, 6) is 0.598. The maximum absolute atomic E-state index is 9.76. The van der Waals surface area contributed by atoms with Crippen molar-refractivity contribution in [2.24, 2.45) is 5.92 Å². The molecule has 1 unspecified atom stereocenters. The average molecular weight is 433 g/mol. The van der Waals surface area contributed by atoms with Gasteiger partial charge in [0.05, 0.1) is 23.4 Å². The van der Waals surface area contributed by atoms with Crippen molar-refractivity contribution in [3.63, 3.8) is 0 Å². The lowest BCUT2D eigenvalue weighted by Gasteiger charge is -2.31. The summed E-state index contributed by atoms with van der Waals surface area (Å²) in [6.45, 7) is 2.70. The van der Waals surface area contributed by atoms with E-state index in [1.54, 1.807) is 17.4 Å². The molecule has 1 fully saturated rings. The van der Waals surface area contributed by atoms with E-state index in [9.17, 15) is 5.11 Å². The van der Waals surface area contributed by atoms with Crippen LogP contribution in [0, 0.1) is 12.8 Å². The zero-order valence-corrected chi connectivity index (χ0v) is 17.9. The van der Waals surface area contributed by atoms with Crippen molar-refractivity contribution >= 4 is 39.7 Å². The van der Waals surface area contributed by atoms with Gasteiger partial charge in [0.2, 0.25) is 0 Å². The van der Waals surface area contributed by atoms with E-state index >= 15 is 0 Å². The lowest BCUT2D eigenvalue weighted by Crippen LogP contribution is -2.32. The molecule has 1 atom stereocenters. The Kier molecular flexibility index (Phi) is 5.93. The number of anilines is 1. The summed E-state index contributed by atoms with van der Waals surface area (Å²) in [4.78, 5) is 8.32. The molecule has 1 aliphatic carbocycles. The Bertz CT molecular complexity index is 956. The highest BCUT2D eigenvalue weighted by Crippen LogP contribution is 2.47. The fourth-order valence-electron chi connectivity index (χ4n) is 3.67. The average Bonchev–Trinajstić information content (AvgIpc) is 3.44. The number of aryl methyl sites for hydroxylation is 1. The number of aliphatic hydroxyl groups excluding tert-OH is 1. The number of halogens is 2. The molecule has 0 aliphatic heterocycles. The third kappa shape index (κ3) is 4.06. The Labute approximate surface area is 179 Å². The van der Waals surface area contributed by atoms with Crippen LogP contribution in [0.4, 0.5) is 5.13 Å². The number of nitrogens with zero attached hydrogens (tertiary/aromatic N) is 2. The summed E-state index contributed by atoms with van der Waals surface area (Å²) in [6, 6.07) is 16.3. The van der Waals surface area contributed by atoms with Crippen molar-refractivity contribution in [1.29, 1.82) is 0 Å². The lowest BCUT2D eigenvalue weighted by atomic mass is 10.0. The van der Waals surface area contributed by atoms with Gasteiger partial charge < -0.3 is 10.0 Å². The number of hydrogen-bond acceptors (Lipinski definition) is 4. The normalized spacial score (nSPS) is 14.9. The number of thiazole rings is 1. The molecule has 0 spiro atoms. The second-order valence-electron chi connectivity index (χ2n) is 7.14. The van der Waals surface area contributed by atoms with Crippen molar-refractivity contribution in [2.45, 2.75) is 25.8 Å². The van der Waals surface area contributed by atoms with E-state index in [2.05, 4.69) is 36.1 Å². The zero-order chi connectivity index (χ0) is 19.7. The van der Waals surface area contributed by atoms with Crippen molar-refractivity contribution in [3.05, 3.63) is 69.0 Å². The molecule has 3 nitrogen and oxygen atoms in total. The molecule has 1 saturated carbocycles. The molecule has 28 heavy (non-hydrogen) atoms. The smallest absolute Gasteiger partial charge is 0.186 e. The molecule has 1 aliphatic rings. The fourth-order valence-corrected chi connectivity index (χ4v) is 5.15. The van der Waals surface area contributed by atoms with Crippen LogP contribution >= 0.6 is 34.5 Å². The van der Waals surface area contributed by atoms with E-state index in [4.69, 9.17) is 28.2 Å². The Morgan fingerprint density at radius 3 is 2.57 bits per heavy atom. The molecular weight excluding hydrogens is 411 g/mol. The Hall–Kier alpha value is -1.59. The predicted molar refractivity (Wildman–Crippen MR) is 119 cm³/mol. The molecule has 146 valence electrons. The second-order valence-corrected chi connectivity index (χ2v) is 9.16. The first-order valence-electron chi connectivity index (χ1n) is 9.43. The standard InChI is InChI=1S/C22H22Cl2N2OS/c1-14-20(18-10-9-17(23)13-19(18)24)25-22(28-14)26(11-12-27)21(16-7-8-16)15-5-3-2-4-6-15/h2-6,9-10,13,16,21,27H,7-8,11-12H2,1H3. The largest absolute Gasteiger partial charge is 0.395 e. The van der Waals surface area contributed by atoms with Crippen LogP contribution in [0.15, 0.2) is 48.5 Å². The highest BCUT2D eigenvalue weighted by atomic mass is 35.5. The molecule has 2 aromatic carbocycles. The molecule has 3 aromatic rings. The second kappa shape index (κ2) is 8.42. The summed E-state index contributed by atoms with van der Waals surface area (Å²) in [6.07, 6.45) is 2.42. The van der Waals surface area contributed by atoms with Crippen molar-refractivity contribution in [2.75, 3.05) is 18.1 Å². The first-order chi connectivity index (χ1) is 13.6. The topological polar surface area (TPSA) is 36.4 Å². The van der Waals surface area contributed by atoms with Crippen LogP contribution in [0.3, 0.4) is 0 Å². The Balaban J connectivity index is 1.74. The Morgan fingerprint density at radius 2 is 1.93 bits per heavy atom. The highest BCUT2D eigenvalue weighted by Gasteiger charge is 2.37. The molecule has 4 rings (SSSR count). The van der Waals surface area contributed by atoms with Crippen LogP contribution in [-0.2, 0) is 0 Å². The van der Waals surface area contributed by atoms with Gasteiger partial charge in [0.1, 0.15) is 0 Å². The predicted octanol–water partition coefficient (Wildman–Crippen LogP) is 6.38. The van der Waals surface area contributed by atoms with Crippen molar-refractivity contribution in [1.82, 2.24) is 4.98 Å². The van der Waals surface area contributed by atoms with Gasteiger partial charge in [-0.3, -0.25) is 0 Å². The maximum Gasteiger partial charge on any atom is 0.186 e. The van der Waals surface area contributed by atoms with Gasteiger partial charge in [-0.15, -0.1) is 11.3 Å². The summed E-state index contributed by atoms with van der Waals surface area (Å²) in [5, 5.41) is 11.9. The number of aliphatic hydroxyl groups is 1. The SMILES string of the molecule is Cc1sc(N(CCO)C(c2ccccc2)C2CC2)nc1-c1ccc(Cl)cc1Cl. The number of rotatable bonds is 7. The lowest BCUT2D eigenvalue weighted by molar-refractivity contribution is 0.295. The van der Waals surface area contributed by atoms with Crippen LogP contribution in [-0.4, -0.2) is 23.2 Å². The summed E-state index contributed by atoms with van der Waals surface area (Å²) < 4.78 is 0. The van der Waals surface area contributed by atoms with Gasteiger partial charge in [0.25, 0.3) is 0 Å². The van der Waals surface area contributed by atoms with Crippen LogP contribution in [0.25, 0.3) is 11.3 Å². The van der Waals surface area contributed by atoms with E-state index in [0.29, 0.717) is 22.5 Å². The first-order valence-corrected chi connectivity index (χ1v) is 11.0. The van der Waals surface area contributed by atoms with Crippen molar-refractivity contribution in [3.8, 4) is 11.3 Å². The van der Waals surface area contributed by atoms with E-state index in [0.717, 1.165) is 21.3 Å². The molecule has 0 amide bonds. The third-order valence-electron chi connectivity index (χ3n) is 5.10. The van der Waals surface area contributed by atoms with Crippen LogP contribution in [0.1, 0.15) is 29.3 Å². The minimum atomic E-state index is 0.0890. The first kappa shape index (κ1) is 19.7. The fraction of sp³-hybridized carbons (Fsp3) is 0.318. The maximum atomic E-state index is 9.76. The molecule has 1 aromatic heterocycles. The minimum Gasteiger partial charge on any atom is -0.395 e. The van der Waals surface area contributed by atoms with Crippen LogP contribution < -0.4 is 4.90 Å². The third-order valence-corrected chi connectivity index (χ3v) is 6.66. The van der Waals surface area contributed by atoms with Gasteiger partial charge in [-0.25, -0.2) is 4.98 Å². The van der Waals surface area contributed by atoms with Crippen LogP contribution in [0.2, 0.25) is 10.0 Å². The van der Waals surface area contributed by atoms with E-state index < -0.39 is 0 Å². The van der Waals surface area contributed by atoms with Gasteiger partial charge in [-0.2, -0.15) is 0 Å². The highest BCUT2D eigenvalue weighted by molar-refractivity contribution is 7.16. The molecule has 0 bridgehead atoms. The van der Waals surface area contributed by atoms with Crippen molar-refractivity contribution < 1.29 is 5.11 Å². The molecule has 1 N–H and O–H groups in total. The number of hydrogen-bond donors (Lipinski definition) is 1. The number of aromatic nitrogens is 1. The molecule has 0 saturated heterocycles. The van der Waals surface area contributed by atoms with E-state index in [1.165, 1.54) is 18.4 Å². The van der Waals surface area contributed by atoms with Gasteiger partial charge in [0, 0.05) is 22.0 Å². The van der Waals surface area contributed by atoms with Gasteiger partial charge >= 0.3 is 0 Å². The minimum absolute atomic E-state index is 0.0890. The molecule has 0 radical (unpaired) electrons. The molecular formula is C22H22Cl2N2OS. The van der Waals surface area contributed by atoms with Gasteiger partial charge in [-0.1, -0.05) is 53.5 Å². The quantitative estimate of drug-likeness (QED) is 0.470. The van der Waals surface area contributed by atoms with E-state index in [1.807, 2.05) is 18.2 Å². The number of benzene rings is 2. The molecule has 1 heterocycles. The summed E-state index contributed by atoms with van der Waals surface area (Å²) in [5.41, 5.74) is 3.04. The van der Waals surface area contributed by atoms with Crippen LogP contribution in [0.5, 0.6) is 0 Å². The summed E-state index contributed by atoms with van der Waals surface area (Å²) in [7, 11) is 0. The van der Waals surface area contributed by atoms with Gasteiger partial charge in [0.15, 0.2) is 5.13 Å². The zero-order valence-electron chi connectivity index (χ0n) is 15.6. The monoisotopic (exact) mass is 432 g/mol. The van der Waals surface area contributed by atoms with Gasteiger partial charge in [-0.05, 0) is 49.4 Å². The summed E-state index contributed by atoms with van der Waals surface area (Å²) >= 11 is 14.1.